The van der Waals surface area contributed by atoms with Crippen molar-refractivity contribution in [1.82, 2.24) is 14.1 Å². The van der Waals surface area contributed by atoms with E-state index in [1.54, 1.807) is 0 Å². The number of hydrogen-bond acceptors (Lipinski definition) is 2. The van der Waals surface area contributed by atoms with Gasteiger partial charge in [-0.2, -0.15) is 4.57 Å². The average Bonchev–Trinajstić information content (AvgIpc) is 3.94. The molecule has 0 unspecified atom stereocenters. The zero-order valence-corrected chi connectivity index (χ0v) is 39.0. The summed E-state index contributed by atoms with van der Waals surface area (Å²) in [6, 6.07) is 29.5. The molecule has 3 heterocycles. The van der Waals surface area contributed by atoms with E-state index in [-0.39, 0.29) is 5.41 Å². The third-order valence-electron chi connectivity index (χ3n) is 12.9. The molecule has 0 amide bonds. The van der Waals surface area contributed by atoms with Gasteiger partial charge in [-0.1, -0.05) is 157 Å². The van der Waals surface area contributed by atoms with E-state index in [0.717, 1.165) is 12.2 Å². The molecule has 7 rings (SSSR count). The molecule has 0 radical (unpaired) electrons. The monoisotopic (exact) mass is 804 g/mol. The van der Waals surface area contributed by atoms with Crippen molar-refractivity contribution in [3.05, 3.63) is 141 Å². The molecule has 5 heteroatoms. The van der Waals surface area contributed by atoms with E-state index in [1.165, 1.54) is 76.7 Å². The zero-order chi connectivity index (χ0) is 42.5. The van der Waals surface area contributed by atoms with Gasteiger partial charge in [-0.25, -0.2) is 9.55 Å². The van der Waals surface area contributed by atoms with Crippen molar-refractivity contribution in [2.45, 2.75) is 131 Å². The Kier molecular flexibility index (Phi) is 12.0. The maximum absolute atomic E-state index is 5.12. The van der Waals surface area contributed by atoms with Crippen LogP contribution in [0.4, 0.5) is 0 Å². The molecule has 0 aliphatic heterocycles. The predicted octanol–water partition coefficient (Wildman–Crippen LogP) is 14.8. The summed E-state index contributed by atoms with van der Waals surface area (Å²) < 4.78 is 7.23. The Morgan fingerprint density at radius 3 is 1.93 bits per heavy atom. The highest BCUT2D eigenvalue weighted by molar-refractivity contribution is 7.12. The quantitative estimate of drug-likeness (QED) is 0.107. The molecule has 0 spiro atoms. The number of thiophene rings is 1. The standard InChI is InChI=1S/C54H67N4S/c1-33(2)44-32-40-22-15-17-23-41(40)46(34(3)4)48(44)58-30-29-56(14)53(58)43-25-19-20-26-45(43)54(12,13)38(11)31-39-21-16-18-24-42(39)52-55-27-28-57(52)49-47(35(5)6)50(36(7)8)59-51(49)37(9)10/h15-30,32-38H,31H2,1-14H3/q+1/t38-/m1/s1. The number of imidazole rings is 2. The van der Waals surface area contributed by atoms with Gasteiger partial charge in [0.1, 0.15) is 23.9 Å². The minimum Gasteiger partial charge on any atom is -0.298 e. The molecule has 0 N–H and O–H groups in total. The molecule has 59 heavy (non-hydrogen) atoms. The van der Waals surface area contributed by atoms with E-state index in [2.05, 4.69) is 208 Å². The maximum Gasteiger partial charge on any atom is 0.294 e. The lowest BCUT2D eigenvalue weighted by Gasteiger charge is -2.34. The summed E-state index contributed by atoms with van der Waals surface area (Å²) in [6.45, 7) is 30.7. The van der Waals surface area contributed by atoms with E-state index in [9.17, 15) is 0 Å². The lowest BCUT2D eigenvalue weighted by molar-refractivity contribution is -0.659. The maximum atomic E-state index is 5.12. The SMILES string of the molecule is CC(C)c1cc2ccccc2c(C(C)C)c1-n1cc[n+](C)c1-c1ccccc1C(C)(C)[C@H](C)Cc1ccccc1-c1nccn1-c1c(C(C)C)sc(C(C)C)c1C(C)C. The molecule has 4 nitrogen and oxygen atoms in total. The molecular formula is C54H67N4S+. The minimum atomic E-state index is -0.165. The lowest BCUT2D eigenvalue weighted by Crippen LogP contribution is -2.33. The molecule has 0 saturated heterocycles. The summed E-state index contributed by atoms with van der Waals surface area (Å²) in [5.74, 6) is 4.57. The summed E-state index contributed by atoms with van der Waals surface area (Å²) >= 11 is 2.00. The van der Waals surface area contributed by atoms with Crippen LogP contribution in [0.2, 0.25) is 0 Å². The van der Waals surface area contributed by atoms with Crippen LogP contribution < -0.4 is 4.57 Å². The molecule has 3 aromatic heterocycles. The normalized spacial score (nSPS) is 13.0. The highest BCUT2D eigenvalue weighted by Gasteiger charge is 2.36. The van der Waals surface area contributed by atoms with Gasteiger partial charge in [-0.05, 0) is 86.9 Å². The van der Waals surface area contributed by atoms with Crippen LogP contribution in [0, 0.1) is 5.92 Å². The van der Waals surface area contributed by atoms with Gasteiger partial charge in [0.25, 0.3) is 5.82 Å². The third-order valence-corrected chi connectivity index (χ3v) is 14.7. The van der Waals surface area contributed by atoms with Crippen LogP contribution in [0.3, 0.4) is 0 Å². The third kappa shape index (κ3) is 7.65. The number of aromatic nitrogens is 4. The Hall–Kier alpha value is -4.74. The second kappa shape index (κ2) is 16.7. The fourth-order valence-corrected chi connectivity index (χ4v) is 10.9. The Labute approximate surface area is 359 Å². The smallest absolute Gasteiger partial charge is 0.294 e. The average molecular weight is 804 g/mol. The van der Waals surface area contributed by atoms with Crippen molar-refractivity contribution in [2.75, 3.05) is 0 Å². The van der Waals surface area contributed by atoms with Gasteiger partial charge in [0, 0.05) is 38.8 Å². The summed E-state index contributed by atoms with van der Waals surface area (Å²) in [7, 11) is 2.20. The largest absolute Gasteiger partial charge is 0.298 e. The minimum absolute atomic E-state index is 0.165. The van der Waals surface area contributed by atoms with E-state index in [0.29, 0.717) is 35.5 Å². The highest BCUT2D eigenvalue weighted by atomic mass is 32.1. The molecule has 308 valence electrons. The molecule has 4 aromatic carbocycles. The molecule has 0 fully saturated rings. The van der Waals surface area contributed by atoms with Gasteiger partial charge in [-0.15, -0.1) is 11.3 Å². The topological polar surface area (TPSA) is 26.6 Å². The fourth-order valence-electron chi connectivity index (χ4n) is 9.45. The molecule has 1 atom stereocenters. The first-order valence-electron chi connectivity index (χ1n) is 22.1. The van der Waals surface area contributed by atoms with Gasteiger partial charge in [-0.3, -0.25) is 4.57 Å². The predicted molar refractivity (Wildman–Crippen MR) is 253 cm³/mol. The second-order valence-electron chi connectivity index (χ2n) is 19.1. The molecule has 0 aliphatic carbocycles. The first-order valence-corrected chi connectivity index (χ1v) is 22.9. The lowest BCUT2D eigenvalue weighted by atomic mass is 9.70. The van der Waals surface area contributed by atoms with Crippen LogP contribution in [-0.4, -0.2) is 14.1 Å². The molecule has 0 bridgehead atoms. The zero-order valence-electron chi connectivity index (χ0n) is 38.2. The van der Waals surface area contributed by atoms with Gasteiger partial charge in [0.15, 0.2) is 0 Å². The molecule has 0 aliphatic rings. The van der Waals surface area contributed by atoms with Gasteiger partial charge >= 0.3 is 0 Å². The van der Waals surface area contributed by atoms with Gasteiger partial charge in [0.05, 0.1) is 18.3 Å². The Bertz CT molecular complexity index is 2590. The van der Waals surface area contributed by atoms with Crippen molar-refractivity contribution in [1.29, 1.82) is 0 Å². The summed E-state index contributed by atoms with van der Waals surface area (Å²) in [5.41, 5.74) is 12.0. The van der Waals surface area contributed by atoms with Crippen molar-refractivity contribution in [2.24, 2.45) is 13.0 Å². The fraction of sp³-hybridized carbons (Fsp3) is 0.407. The van der Waals surface area contributed by atoms with Crippen LogP contribution in [0.1, 0.15) is 157 Å². The Morgan fingerprint density at radius 2 is 1.27 bits per heavy atom. The second-order valence-corrected chi connectivity index (χ2v) is 20.2. The first-order chi connectivity index (χ1) is 28.0. The van der Waals surface area contributed by atoms with Gasteiger partial charge in [0.2, 0.25) is 0 Å². The molecular weight excluding hydrogens is 737 g/mol. The number of hydrogen-bond donors (Lipinski definition) is 0. The highest BCUT2D eigenvalue weighted by Crippen LogP contribution is 2.46. The molecule has 7 aromatic rings. The van der Waals surface area contributed by atoms with E-state index >= 15 is 0 Å². The number of rotatable bonds is 13. The van der Waals surface area contributed by atoms with E-state index < -0.39 is 0 Å². The Morgan fingerprint density at radius 1 is 0.644 bits per heavy atom. The number of aryl methyl sites for hydroxylation is 1. The van der Waals surface area contributed by atoms with E-state index in [1.807, 2.05) is 17.5 Å². The summed E-state index contributed by atoms with van der Waals surface area (Å²) in [6.07, 6.45) is 9.63. The number of fused-ring (bicyclic) bond motifs is 1. The van der Waals surface area contributed by atoms with E-state index in [4.69, 9.17) is 4.98 Å². The van der Waals surface area contributed by atoms with Crippen LogP contribution in [0.25, 0.3) is 44.9 Å². The Balaban J connectivity index is 1.32. The van der Waals surface area contributed by atoms with Crippen LogP contribution in [-0.2, 0) is 18.9 Å². The number of nitrogens with zero attached hydrogens (tertiary/aromatic N) is 4. The summed E-state index contributed by atoms with van der Waals surface area (Å²) in [5, 5.41) is 2.65. The van der Waals surface area contributed by atoms with Crippen molar-refractivity contribution < 1.29 is 4.57 Å². The van der Waals surface area contributed by atoms with Gasteiger partial charge < -0.3 is 0 Å². The van der Waals surface area contributed by atoms with Crippen LogP contribution in [0.5, 0.6) is 0 Å². The summed E-state index contributed by atoms with van der Waals surface area (Å²) in [4.78, 5) is 8.07. The number of benzene rings is 4. The first kappa shape index (κ1) is 42.4. The van der Waals surface area contributed by atoms with Crippen molar-refractivity contribution in [3.8, 4) is 34.2 Å². The van der Waals surface area contributed by atoms with Crippen molar-refractivity contribution in [3.63, 3.8) is 0 Å². The van der Waals surface area contributed by atoms with Crippen molar-refractivity contribution >= 4 is 22.1 Å². The molecule has 0 saturated carbocycles. The van der Waals surface area contributed by atoms with Crippen LogP contribution in [0.15, 0.2) is 104 Å². The van der Waals surface area contributed by atoms with Crippen LogP contribution >= 0.6 is 11.3 Å².